The van der Waals surface area contributed by atoms with Gasteiger partial charge in [0.1, 0.15) is 6.61 Å². The van der Waals surface area contributed by atoms with E-state index < -0.39 is 0 Å². The van der Waals surface area contributed by atoms with E-state index in [1.165, 1.54) is 0 Å². The summed E-state index contributed by atoms with van der Waals surface area (Å²) in [6.45, 7) is 0.626. The second-order valence-corrected chi connectivity index (χ2v) is 3.07. The monoisotopic (exact) mass is 202 g/mol. The molecule has 0 spiro atoms. The van der Waals surface area contributed by atoms with Crippen molar-refractivity contribution in [1.82, 2.24) is 0 Å². The van der Waals surface area contributed by atoms with Crippen LogP contribution in [-0.4, -0.2) is 24.9 Å². The van der Waals surface area contributed by atoms with Gasteiger partial charge >= 0.3 is 0 Å². The molecule has 0 amide bonds. The van der Waals surface area contributed by atoms with Crippen LogP contribution in [0.15, 0.2) is 35.9 Å². The molecule has 0 bridgehead atoms. The third-order valence-electron chi connectivity index (χ3n) is 1.85. The highest BCUT2D eigenvalue weighted by atomic mass is 16.5. The van der Waals surface area contributed by atoms with Gasteiger partial charge in [0.2, 0.25) is 0 Å². The molecule has 15 heavy (non-hydrogen) atoms. The van der Waals surface area contributed by atoms with E-state index in [0.29, 0.717) is 6.61 Å². The summed E-state index contributed by atoms with van der Waals surface area (Å²) in [6.07, 6.45) is 6.95. The molecule has 0 aliphatic heterocycles. The van der Waals surface area contributed by atoms with E-state index in [9.17, 15) is 0 Å². The Bertz CT molecular complexity index is 347. The van der Waals surface area contributed by atoms with Crippen LogP contribution in [0.3, 0.4) is 0 Å². The highest BCUT2D eigenvalue weighted by Gasteiger charge is 1.96. The Labute approximate surface area is 90.2 Å². The van der Waals surface area contributed by atoms with Crippen LogP contribution in [0.4, 0.5) is 0 Å². The molecule has 1 aromatic rings. The van der Waals surface area contributed by atoms with Crippen LogP contribution >= 0.6 is 0 Å². The molecule has 0 heterocycles. The zero-order chi connectivity index (χ0) is 10.9. The van der Waals surface area contributed by atoms with Crippen molar-refractivity contribution in [3.05, 3.63) is 41.5 Å². The van der Waals surface area contributed by atoms with Gasteiger partial charge in [0, 0.05) is 0 Å². The molecule has 0 aliphatic carbocycles. The van der Waals surface area contributed by atoms with Crippen molar-refractivity contribution in [3.8, 4) is 12.3 Å². The zero-order valence-corrected chi connectivity index (χ0v) is 8.52. The molecule has 0 atom stereocenters. The molecule has 0 aromatic heterocycles. The summed E-state index contributed by atoms with van der Waals surface area (Å²) in [5.41, 5.74) is 1.86. The van der Waals surface area contributed by atoms with Crippen LogP contribution in [0.1, 0.15) is 5.56 Å². The lowest BCUT2D eigenvalue weighted by Gasteiger charge is -2.03. The predicted molar refractivity (Wildman–Crippen MR) is 61.2 cm³/mol. The Hall–Kier alpha value is -1.56. The number of aliphatic hydroxyl groups is 1. The lowest BCUT2D eigenvalue weighted by atomic mass is 10.1. The maximum Gasteiger partial charge on any atom is 0.107 e. The number of hydrogen-bond donors (Lipinski definition) is 1. The molecule has 2 nitrogen and oxygen atoms in total. The second kappa shape index (κ2) is 6.83. The van der Waals surface area contributed by atoms with Crippen molar-refractivity contribution in [2.75, 3.05) is 19.8 Å². The Morgan fingerprint density at radius 1 is 1.40 bits per heavy atom. The fourth-order valence-corrected chi connectivity index (χ4v) is 1.16. The lowest BCUT2D eigenvalue weighted by Crippen LogP contribution is -2.02. The molecule has 78 valence electrons. The fourth-order valence-electron chi connectivity index (χ4n) is 1.16. The zero-order valence-electron chi connectivity index (χ0n) is 8.52. The Morgan fingerprint density at radius 3 is 2.73 bits per heavy atom. The van der Waals surface area contributed by atoms with E-state index in [1.54, 1.807) is 0 Å². The van der Waals surface area contributed by atoms with Gasteiger partial charge in [0.05, 0.1) is 13.2 Å². The molecule has 0 saturated heterocycles. The highest BCUT2D eigenvalue weighted by Crippen LogP contribution is 2.06. The van der Waals surface area contributed by atoms with Gasteiger partial charge in [0.25, 0.3) is 0 Å². The number of hydrogen-bond acceptors (Lipinski definition) is 2. The number of aliphatic hydroxyl groups excluding tert-OH is 1. The van der Waals surface area contributed by atoms with Gasteiger partial charge in [-0.3, -0.25) is 0 Å². The third-order valence-corrected chi connectivity index (χ3v) is 1.85. The largest absolute Gasteiger partial charge is 0.392 e. The summed E-state index contributed by atoms with van der Waals surface area (Å²) < 4.78 is 5.14. The molecule has 0 fully saturated rings. The van der Waals surface area contributed by atoms with E-state index in [-0.39, 0.29) is 13.2 Å². The smallest absolute Gasteiger partial charge is 0.107 e. The molecule has 0 unspecified atom stereocenters. The van der Waals surface area contributed by atoms with E-state index in [0.717, 1.165) is 11.1 Å². The SMILES string of the molecule is C#CCOC/C(=C\c1ccccc1)CO. The Kier molecular flexibility index (Phi) is 5.24. The van der Waals surface area contributed by atoms with E-state index in [2.05, 4.69) is 5.92 Å². The van der Waals surface area contributed by atoms with Crippen molar-refractivity contribution in [2.24, 2.45) is 0 Å². The van der Waals surface area contributed by atoms with Crippen LogP contribution in [0.25, 0.3) is 6.08 Å². The van der Waals surface area contributed by atoms with E-state index in [4.69, 9.17) is 16.3 Å². The molecule has 0 saturated carbocycles. The minimum atomic E-state index is -0.0144. The first-order chi connectivity index (χ1) is 7.36. The summed E-state index contributed by atoms with van der Waals surface area (Å²) in [7, 11) is 0. The number of terminal acetylenes is 1. The van der Waals surface area contributed by atoms with Crippen LogP contribution in [0.5, 0.6) is 0 Å². The minimum Gasteiger partial charge on any atom is -0.392 e. The van der Waals surface area contributed by atoms with Gasteiger partial charge in [-0.1, -0.05) is 42.3 Å². The molecular weight excluding hydrogens is 188 g/mol. The molecule has 1 rings (SSSR count). The van der Waals surface area contributed by atoms with E-state index in [1.807, 2.05) is 36.4 Å². The summed E-state index contributed by atoms with van der Waals surface area (Å²) >= 11 is 0. The Balaban J connectivity index is 2.58. The molecule has 1 N–H and O–H groups in total. The molecule has 2 heteroatoms. The topological polar surface area (TPSA) is 29.5 Å². The summed E-state index contributed by atoms with van der Waals surface area (Å²) in [4.78, 5) is 0. The summed E-state index contributed by atoms with van der Waals surface area (Å²) in [6, 6.07) is 9.78. The van der Waals surface area contributed by atoms with Crippen LogP contribution < -0.4 is 0 Å². The van der Waals surface area contributed by atoms with Crippen LogP contribution in [0, 0.1) is 12.3 Å². The normalized spacial score (nSPS) is 11.1. The predicted octanol–water partition coefficient (Wildman–Crippen LogP) is 1.71. The maximum absolute atomic E-state index is 9.09. The maximum atomic E-state index is 9.09. The minimum absolute atomic E-state index is 0.0144. The van der Waals surface area contributed by atoms with Crippen molar-refractivity contribution >= 4 is 6.08 Å². The standard InChI is InChI=1S/C13H14O2/c1-2-8-15-11-13(10-14)9-12-6-4-3-5-7-12/h1,3-7,9,14H,8,10-11H2/b13-9-. The molecule has 1 aromatic carbocycles. The van der Waals surface area contributed by atoms with Crippen molar-refractivity contribution in [3.63, 3.8) is 0 Å². The van der Waals surface area contributed by atoms with Crippen molar-refractivity contribution < 1.29 is 9.84 Å². The van der Waals surface area contributed by atoms with Gasteiger partial charge in [-0.05, 0) is 11.1 Å². The van der Waals surface area contributed by atoms with Crippen molar-refractivity contribution in [2.45, 2.75) is 0 Å². The van der Waals surface area contributed by atoms with Gasteiger partial charge in [-0.2, -0.15) is 0 Å². The van der Waals surface area contributed by atoms with Gasteiger partial charge in [0.15, 0.2) is 0 Å². The third kappa shape index (κ3) is 4.46. The molecule has 0 aliphatic rings. The quantitative estimate of drug-likeness (QED) is 0.582. The first-order valence-corrected chi connectivity index (χ1v) is 4.73. The number of rotatable bonds is 5. The van der Waals surface area contributed by atoms with Crippen LogP contribution in [-0.2, 0) is 4.74 Å². The molecular formula is C13H14O2. The Morgan fingerprint density at radius 2 is 2.13 bits per heavy atom. The van der Waals surface area contributed by atoms with E-state index >= 15 is 0 Å². The van der Waals surface area contributed by atoms with Crippen molar-refractivity contribution in [1.29, 1.82) is 0 Å². The second-order valence-electron chi connectivity index (χ2n) is 3.07. The molecule has 0 radical (unpaired) electrons. The number of ether oxygens (including phenoxy) is 1. The first-order valence-electron chi connectivity index (χ1n) is 4.73. The van der Waals surface area contributed by atoms with Gasteiger partial charge < -0.3 is 9.84 Å². The average molecular weight is 202 g/mol. The summed E-state index contributed by atoms with van der Waals surface area (Å²) in [5, 5.41) is 9.09. The summed E-state index contributed by atoms with van der Waals surface area (Å²) in [5.74, 6) is 2.38. The number of benzene rings is 1. The average Bonchev–Trinajstić information content (AvgIpc) is 2.29. The fraction of sp³-hybridized carbons (Fsp3) is 0.231. The first kappa shape index (κ1) is 11.5. The van der Waals surface area contributed by atoms with Crippen LogP contribution in [0.2, 0.25) is 0 Å². The highest BCUT2D eigenvalue weighted by molar-refractivity contribution is 5.52. The van der Waals surface area contributed by atoms with Gasteiger partial charge in [-0.25, -0.2) is 0 Å². The lowest BCUT2D eigenvalue weighted by molar-refractivity contribution is 0.180. The van der Waals surface area contributed by atoms with Gasteiger partial charge in [-0.15, -0.1) is 6.42 Å².